The van der Waals surface area contributed by atoms with Gasteiger partial charge in [-0.1, -0.05) is 18.2 Å². The molecule has 0 aliphatic heterocycles. The molecule has 0 atom stereocenters. The third-order valence-electron chi connectivity index (χ3n) is 2.37. The van der Waals surface area contributed by atoms with Crippen molar-refractivity contribution in [3.05, 3.63) is 59.1 Å². The maximum Gasteiger partial charge on any atom is 0.288 e. The van der Waals surface area contributed by atoms with Gasteiger partial charge in [-0.2, -0.15) is 0 Å². The first-order valence-electron chi connectivity index (χ1n) is 4.88. The van der Waals surface area contributed by atoms with Gasteiger partial charge in [0.1, 0.15) is 6.26 Å². The number of hydrogen-bond donors (Lipinski definition) is 0. The number of para-hydroxylation sites is 1. The highest BCUT2D eigenvalue weighted by Crippen LogP contribution is 2.13. The third-order valence-corrected chi connectivity index (χ3v) is 2.37. The van der Waals surface area contributed by atoms with Crippen LogP contribution in [-0.2, 0) is 0 Å². The minimum atomic E-state index is -0.220. The summed E-state index contributed by atoms with van der Waals surface area (Å²) < 4.78 is 6.20. The van der Waals surface area contributed by atoms with Crippen molar-refractivity contribution < 1.29 is 4.52 Å². The second kappa shape index (κ2) is 3.34. The molecule has 78 valence electrons. The fourth-order valence-corrected chi connectivity index (χ4v) is 1.60. The first-order chi connectivity index (χ1) is 7.84. The van der Waals surface area contributed by atoms with Gasteiger partial charge in [0.05, 0.1) is 5.52 Å². The van der Waals surface area contributed by atoms with E-state index in [0.29, 0.717) is 5.82 Å². The summed E-state index contributed by atoms with van der Waals surface area (Å²) >= 11 is 0. The molecule has 0 aliphatic rings. The number of aromatic nitrogens is 2. The standard InChI is InChI=1S/C12H8N2O2/c15-12-7-8-16-14(12)11-6-5-9-3-1-2-4-10(9)13-11/h1-8H. The van der Waals surface area contributed by atoms with Gasteiger partial charge in [0, 0.05) is 11.5 Å². The van der Waals surface area contributed by atoms with Gasteiger partial charge in [-0.25, -0.2) is 4.98 Å². The zero-order chi connectivity index (χ0) is 11.0. The number of nitrogens with zero attached hydrogens (tertiary/aromatic N) is 2. The van der Waals surface area contributed by atoms with Crippen LogP contribution in [0.25, 0.3) is 16.7 Å². The molecule has 0 saturated carbocycles. The van der Waals surface area contributed by atoms with Crippen molar-refractivity contribution in [2.45, 2.75) is 0 Å². The van der Waals surface area contributed by atoms with Crippen LogP contribution in [0, 0.1) is 0 Å². The monoisotopic (exact) mass is 212 g/mol. The van der Waals surface area contributed by atoms with Crippen LogP contribution in [-0.4, -0.2) is 9.72 Å². The first kappa shape index (κ1) is 8.91. The number of hydrogen-bond acceptors (Lipinski definition) is 3. The minimum absolute atomic E-state index is 0.220. The summed E-state index contributed by atoms with van der Waals surface area (Å²) in [6.45, 7) is 0. The number of benzene rings is 1. The van der Waals surface area contributed by atoms with Crippen molar-refractivity contribution in [3.8, 4) is 5.82 Å². The van der Waals surface area contributed by atoms with E-state index in [9.17, 15) is 4.79 Å². The van der Waals surface area contributed by atoms with Gasteiger partial charge in [-0.15, -0.1) is 4.74 Å². The van der Waals surface area contributed by atoms with Crippen molar-refractivity contribution >= 4 is 10.9 Å². The summed E-state index contributed by atoms with van der Waals surface area (Å²) in [6, 6.07) is 12.7. The quantitative estimate of drug-likeness (QED) is 0.619. The summed E-state index contributed by atoms with van der Waals surface area (Å²) in [5.41, 5.74) is 0.617. The molecule has 3 rings (SSSR count). The smallest absolute Gasteiger partial charge is 0.288 e. The van der Waals surface area contributed by atoms with E-state index in [2.05, 4.69) is 4.98 Å². The zero-order valence-corrected chi connectivity index (χ0v) is 8.33. The predicted molar refractivity (Wildman–Crippen MR) is 59.6 cm³/mol. The number of pyridine rings is 1. The lowest BCUT2D eigenvalue weighted by Gasteiger charge is -2.00. The highest BCUT2D eigenvalue weighted by Gasteiger charge is 2.04. The maximum absolute atomic E-state index is 11.4. The molecule has 0 bridgehead atoms. The second-order valence-corrected chi connectivity index (χ2v) is 3.40. The van der Waals surface area contributed by atoms with Crippen LogP contribution < -0.4 is 5.56 Å². The summed E-state index contributed by atoms with van der Waals surface area (Å²) in [5, 5.41) is 1.03. The summed E-state index contributed by atoms with van der Waals surface area (Å²) in [5.74, 6) is 0.494. The van der Waals surface area contributed by atoms with Gasteiger partial charge < -0.3 is 4.52 Å². The van der Waals surface area contributed by atoms with Crippen molar-refractivity contribution in [2.75, 3.05) is 0 Å². The Kier molecular flexibility index (Phi) is 1.86. The normalized spacial score (nSPS) is 10.8. The Morgan fingerprint density at radius 3 is 2.75 bits per heavy atom. The molecule has 1 aromatic carbocycles. The molecule has 0 N–H and O–H groups in total. The van der Waals surface area contributed by atoms with Crippen molar-refractivity contribution in [3.63, 3.8) is 0 Å². The van der Waals surface area contributed by atoms with E-state index in [0.717, 1.165) is 15.6 Å². The summed E-state index contributed by atoms with van der Waals surface area (Å²) in [4.78, 5) is 15.7. The zero-order valence-electron chi connectivity index (χ0n) is 8.33. The number of rotatable bonds is 1. The van der Waals surface area contributed by atoms with Crippen LogP contribution in [0.1, 0.15) is 0 Å². The molecule has 0 spiro atoms. The van der Waals surface area contributed by atoms with E-state index >= 15 is 0 Å². The van der Waals surface area contributed by atoms with E-state index in [4.69, 9.17) is 4.52 Å². The summed E-state index contributed by atoms with van der Waals surface area (Å²) in [6.07, 6.45) is 1.35. The van der Waals surface area contributed by atoms with Crippen molar-refractivity contribution in [1.82, 2.24) is 9.72 Å². The van der Waals surface area contributed by atoms with Gasteiger partial charge in [0.2, 0.25) is 0 Å². The molecule has 2 aromatic heterocycles. The fourth-order valence-electron chi connectivity index (χ4n) is 1.60. The van der Waals surface area contributed by atoms with E-state index in [1.807, 2.05) is 30.3 Å². The van der Waals surface area contributed by atoms with Crippen LogP contribution in [0.5, 0.6) is 0 Å². The average molecular weight is 212 g/mol. The molecule has 4 heteroatoms. The lowest BCUT2D eigenvalue weighted by atomic mass is 10.2. The number of fused-ring (bicyclic) bond motifs is 1. The van der Waals surface area contributed by atoms with Crippen molar-refractivity contribution in [1.29, 1.82) is 0 Å². The van der Waals surface area contributed by atoms with Gasteiger partial charge >= 0.3 is 0 Å². The molecule has 0 fully saturated rings. The molecule has 0 unspecified atom stereocenters. The van der Waals surface area contributed by atoms with Crippen LogP contribution in [0.15, 0.2) is 58.0 Å². The topological polar surface area (TPSA) is 48.0 Å². The Hall–Kier alpha value is -2.36. The third kappa shape index (κ3) is 1.32. The minimum Gasteiger partial charge on any atom is -0.378 e. The van der Waals surface area contributed by atoms with E-state index in [-0.39, 0.29) is 5.56 Å². The molecular weight excluding hydrogens is 204 g/mol. The predicted octanol–water partition coefficient (Wildman–Crippen LogP) is 1.98. The molecule has 0 radical (unpaired) electrons. The lowest BCUT2D eigenvalue weighted by molar-refractivity contribution is 0.334. The molecule has 2 heterocycles. The van der Waals surface area contributed by atoms with E-state index in [1.54, 1.807) is 6.07 Å². The largest absolute Gasteiger partial charge is 0.378 e. The summed E-state index contributed by atoms with van der Waals surface area (Å²) in [7, 11) is 0. The molecule has 0 amide bonds. The average Bonchev–Trinajstić information content (AvgIpc) is 2.75. The molecule has 4 nitrogen and oxygen atoms in total. The van der Waals surface area contributed by atoms with E-state index in [1.165, 1.54) is 12.3 Å². The van der Waals surface area contributed by atoms with Gasteiger partial charge in [0.25, 0.3) is 5.56 Å². The first-order valence-corrected chi connectivity index (χ1v) is 4.88. The van der Waals surface area contributed by atoms with Gasteiger partial charge in [-0.05, 0) is 18.2 Å². The van der Waals surface area contributed by atoms with E-state index < -0.39 is 0 Å². The van der Waals surface area contributed by atoms with Gasteiger partial charge in [0.15, 0.2) is 5.82 Å². The van der Waals surface area contributed by atoms with Gasteiger partial charge in [-0.3, -0.25) is 4.79 Å². The van der Waals surface area contributed by atoms with Crippen LogP contribution in [0.3, 0.4) is 0 Å². The Bertz CT molecular complexity index is 697. The fraction of sp³-hybridized carbons (Fsp3) is 0. The van der Waals surface area contributed by atoms with Crippen LogP contribution in [0.2, 0.25) is 0 Å². The Balaban J connectivity index is 2.27. The van der Waals surface area contributed by atoms with Crippen LogP contribution >= 0.6 is 0 Å². The van der Waals surface area contributed by atoms with Crippen LogP contribution in [0.4, 0.5) is 0 Å². The SMILES string of the molecule is O=c1ccon1-c1ccc2ccccc2n1. The van der Waals surface area contributed by atoms with Crippen molar-refractivity contribution in [2.24, 2.45) is 0 Å². The second-order valence-electron chi connectivity index (χ2n) is 3.40. The Morgan fingerprint density at radius 2 is 1.94 bits per heavy atom. The molecule has 16 heavy (non-hydrogen) atoms. The highest BCUT2D eigenvalue weighted by atomic mass is 16.5. The lowest BCUT2D eigenvalue weighted by Crippen LogP contribution is -2.12. The maximum atomic E-state index is 11.4. The highest BCUT2D eigenvalue weighted by molar-refractivity contribution is 5.79. The molecular formula is C12H8N2O2. The molecule has 0 aliphatic carbocycles. The Labute approximate surface area is 90.7 Å². The molecule has 3 aromatic rings. The Morgan fingerprint density at radius 1 is 1.06 bits per heavy atom. The molecule has 0 saturated heterocycles.